The van der Waals surface area contributed by atoms with E-state index in [1.807, 2.05) is 76.2 Å². The van der Waals surface area contributed by atoms with Crippen molar-refractivity contribution in [2.45, 2.75) is 428 Å². The molecule has 142 heavy (non-hydrogen) atoms. The molecule has 4 aliphatic heterocycles. The van der Waals surface area contributed by atoms with Crippen LogP contribution in [0.25, 0.3) is 0 Å². The number of carbonyl (C=O) groups is 13. The lowest BCUT2D eigenvalue weighted by molar-refractivity contribution is -0.231. The third kappa shape index (κ3) is 26.3. The molecule has 806 valence electrons. The molecule has 21 rings (SSSR count). The molecule has 4 heterocycles. The van der Waals surface area contributed by atoms with E-state index in [9.17, 15) is 79.2 Å². The second-order valence-electron chi connectivity index (χ2n) is 49.0. The van der Waals surface area contributed by atoms with Crippen molar-refractivity contribution in [3.63, 3.8) is 0 Å². The first-order chi connectivity index (χ1) is 66.1. The van der Waals surface area contributed by atoms with Gasteiger partial charge in [-0.15, -0.1) is 0 Å². The van der Waals surface area contributed by atoms with Gasteiger partial charge >= 0.3 is 77.7 Å². The Morgan fingerprint density at radius 1 is 0.394 bits per heavy atom. The van der Waals surface area contributed by atoms with Crippen LogP contribution in [-0.2, 0) is 148 Å². The van der Waals surface area contributed by atoms with Gasteiger partial charge in [0.15, 0.2) is 13.2 Å². The van der Waals surface area contributed by atoms with Crippen LogP contribution in [0.15, 0.2) is 0 Å². The Morgan fingerprint density at radius 3 is 1.11 bits per heavy atom. The van der Waals surface area contributed by atoms with Crippen molar-refractivity contribution in [2.75, 3.05) is 26.4 Å². The topological polar surface area (TPSA) is 455 Å². The molecule has 4 saturated heterocycles. The summed E-state index contributed by atoms with van der Waals surface area (Å²) in [7, 11) is -7.04. The summed E-state index contributed by atoms with van der Waals surface area (Å²) in [6.45, 7) is 46.0. The van der Waals surface area contributed by atoms with Crippen molar-refractivity contribution < 1.29 is 149 Å². The number of ether oxygens (including phenoxy) is 13. The fraction of sp³-hybridized carbons (Fsp3) is 0.879. The molecule has 1 amide bonds. The summed E-state index contributed by atoms with van der Waals surface area (Å²) in [5.41, 5.74) is 2.32. The minimum absolute atomic E-state index is 0.00225. The van der Waals surface area contributed by atoms with Gasteiger partial charge in [-0.05, 0) is 286 Å². The summed E-state index contributed by atoms with van der Waals surface area (Å²) in [5, 5.41) is -0.892. The van der Waals surface area contributed by atoms with Gasteiger partial charge in [-0.25, -0.2) is 24.0 Å². The Bertz CT molecular complexity index is 4680. The molecule has 2 N–H and O–H groups in total. The molecule has 0 aromatic heterocycles. The SMILES string of the molecule is CC(C)C(=O)OC1(C(C)C)C2CC3CC(C2)CC1C3.CC(C)C(=O)OC1(C)CCCC1.CC(C)C(=O)OC12CC3CC(CC(OC(N)=O)(C3)C1)C2.CC(C)C(=O)OC1CCOC1=O.CC(C)C(=O)OCC(=O)OC1C2CC3C1OS(=O)(=O)C3C2.CCC(C)(C)C(=O)OC1(C(C)C)C2CC3CC(C2)CC1C3.CCC(C)(C)C(=O)OC1CCOC1=O.CCC(C)(C)C(=O)OCC(=O)OC1C2CC3C1OS(=O)(=O)C3C2. The Hall–Kier alpha value is -7.27. The van der Waals surface area contributed by atoms with Gasteiger partial charge in [-0.2, -0.15) is 16.8 Å². The first kappa shape index (κ1) is 115. The standard InChI is InChI=1S/C19H32O2.C17H28O2.C15H23NO4.C15H22O7S.C13H18O7S.C10H16O4.C10H18O2.C8H12O4/c1-6-18(4,5)17(20)21-19(12(2)3)15-8-13-7-14(10-15)11-16(19)9-13;1-10(2)16(18)19-17(11(3)4)14-6-12-5-13(8-14)9-15(17)7-12;1-9(2)12(17)19-14-4-10-3-11(5-14)7-15(6-10,8-14)20-13(16)18;1-4-15(2,3)14(17)20-7-11(16)21-12-8-5-9-10(6-8)23(18,19)22-13(9)12;1-6(2)13(15)18-5-10(14)19-11-7-3-8-9(4-7)21(16,17)20-12(8)11;1-4-10(2,3)9(12)14-7-5-6-13-8(7)11;1-8(2)9(11)12-10(3)6-4-5-7-10;1-5(2)7(9)12-6-3-4-11-8(6)10/h12-16H,6-11H2,1-5H3;10-15H,5-9H2,1-4H3;9-11H,3-8H2,1-2H3,(H2,16,18);8-10,12-13H,4-7H2,1-3H3;6-9,11-12H,3-5H2,1-2H3;7H,4-6H2,1-3H3;8H,4-7H2,1-3H3;5-6H,3-4H2,1-2H3. The predicted octanol–water partition coefficient (Wildman–Crippen LogP) is 16.8. The quantitative estimate of drug-likeness (QED) is 0.0477. The van der Waals surface area contributed by atoms with E-state index >= 15 is 0 Å². The van der Waals surface area contributed by atoms with Crippen LogP contribution in [0.1, 0.15) is 352 Å². The average Bonchev–Trinajstić information content (AvgIpc) is 1.59. The summed E-state index contributed by atoms with van der Waals surface area (Å²) >= 11 is 0. The second kappa shape index (κ2) is 45.8. The lowest BCUT2D eigenvalue weighted by Gasteiger charge is -2.62. The molecule has 0 radical (unpaired) electrons. The number of primary amides is 1. The predicted molar refractivity (Wildman–Crippen MR) is 518 cm³/mol. The highest BCUT2D eigenvalue weighted by Crippen LogP contribution is 2.66. The molecular formula is C107H169NO32S2. The Morgan fingerprint density at radius 2 is 0.739 bits per heavy atom. The van der Waals surface area contributed by atoms with Gasteiger partial charge in [-0.3, -0.25) is 46.7 Å². The van der Waals surface area contributed by atoms with Gasteiger partial charge in [0.05, 0.1) is 69.5 Å². The summed E-state index contributed by atoms with van der Waals surface area (Å²) in [6, 6.07) is 0. The number of nitrogens with two attached hydrogens (primary N) is 1. The normalized spacial score (nSPS) is 35.5. The van der Waals surface area contributed by atoms with Crippen molar-refractivity contribution in [1.82, 2.24) is 0 Å². The number of fused-ring (bicyclic) bond motifs is 2. The molecule has 17 aliphatic carbocycles. The average molecular weight is 2050 g/mol. The monoisotopic (exact) mass is 2040 g/mol. The smallest absolute Gasteiger partial charge is 0.405 e. The van der Waals surface area contributed by atoms with Crippen molar-refractivity contribution in [1.29, 1.82) is 0 Å². The Kier molecular flexibility index (Phi) is 37.1. The van der Waals surface area contributed by atoms with E-state index in [-0.39, 0.29) is 111 Å². The van der Waals surface area contributed by atoms with E-state index in [0.717, 1.165) is 75.0 Å². The largest absolute Gasteiger partial charge is 0.463 e. The summed E-state index contributed by atoms with van der Waals surface area (Å²) in [4.78, 5) is 151. The zero-order valence-corrected chi connectivity index (χ0v) is 90.7. The molecule has 33 nitrogen and oxygen atoms in total. The maximum atomic E-state index is 12.8. The Balaban J connectivity index is 0.000000156. The van der Waals surface area contributed by atoms with E-state index in [4.69, 9.17) is 70.9 Å². The molecule has 0 spiro atoms. The van der Waals surface area contributed by atoms with Gasteiger partial charge in [0, 0.05) is 42.9 Å². The maximum Gasteiger partial charge on any atom is 0.405 e. The fourth-order valence-corrected chi connectivity index (χ4v) is 30.4. The highest BCUT2D eigenvalue weighted by Gasteiger charge is 2.69. The number of cyclic esters (lactones) is 2. The third-order valence-corrected chi connectivity index (χ3v) is 38.3. The molecule has 16 bridgehead atoms. The zero-order valence-electron chi connectivity index (χ0n) is 89.0. The highest BCUT2D eigenvalue weighted by molar-refractivity contribution is 7.88. The molecule has 21 aliphatic rings. The van der Waals surface area contributed by atoms with E-state index in [1.165, 1.54) is 77.0 Å². The number of carbonyl (C=O) groups excluding carboxylic acids is 13. The lowest BCUT2D eigenvalue weighted by Crippen LogP contribution is -2.63. The Labute approximate surface area is 842 Å². The third-order valence-electron chi connectivity index (χ3n) is 34.7. The minimum atomic E-state index is -3.53. The van der Waals surface area contributed by atoms with Gasteiger partial charge in [0.25, 0.3) is 20.2 Å². The van der Waals surface area contributed by atoms with Crippen LogP contribution in [0.5, 0.6) is 0 Å². The first-order valence-corrected chi connectivity index (χ1v) is 56.3. The lowest BCUT2D eigenvalue weighted by atomic mass is 9.47. The number of esters is 12. The molecule has 14 atom stereocenters. The first-order valence-electron chi connectivity index (χ1n) is 53.3. The van der Waals surface area contributed by atoms with Gasteiger partial charge in [-0.1, -0.05) is 118 Å². The molecule has 0 aromatic rings. The molecule has 0 aromatic carbocycles. The molecular weight excluding hydrogens is 1880 g/mol. The van der Waals surface area contributed by atoms with E-state index in [2.05, 4.69) is 39.4 Å². The number of hydrogen-bond acceptors (Lipinski definition) is 32. The van der Waals surface area contributed by atoms with Crippen molar-refractivity contribution in [3.05, 3.63) is 0 Å². The van der Waals surface area contributed by atoms with Crippen LogP contribution in [0.3, 0.4) is 0 Å². The van der Waals surface area contributed by atoms with Crippen molar-refractivity contribution >= 4 is 98.0 Å². The van der Waals surface area contributed by atoms with Crippen molar-refractivity contribution in [3.8, 4) is 0 Å². The van der Waals surface area contributed by atoms with Gasteiger partial charge < -0.3 is 67.3 Å². The van der Waals surface area contributed by atoms with E-state index < -0.39 is 145 Å². The van der Waals surface area contributed by atoms with E-state index in [1.54, 1.807) is 55.4 Å². The van der Waals surface area contributed by atoms with Crippen LogP contribution in [0.2, 0.25) is 0 Å². The number of hydrogen-bond donors (Lipinski definition) is 1. The second-order valence-corrected chi connectivity index (χ2v) is 52.5. The maximum absolute atomic E-state index is 12.8. The van der Waals surface area contributed by atoms with Crippen LogP contribution >= 0.6 is 0 Å². The van der Waals surface area contributed by atoms with Crippen LogP contribution in [0, 0.1) is 141 Å². The summed E-state index contributed by atoms with van der Waals surface area (Å²) < 4.78 is 126. The number of rotatable bonds is 26. The van der Waals surface area contributed by atoms with Crippen LogP contribution in [0.4, 0.5) is 4.79 Å². The molecule has 14 unspecified atom stereocenters. The van der Waals surface area contributed by atoms with E-state index in [0.29, 0.717) is 118 Å². The molecule has 21 fully saturated rings. The van der Waals surface area contributed by atoms with Gasteiger partial charge in [0.1, 0.15) is 52.4 Å². The van der Waals surface area contributed by atoms with Crippen LogP contribution < -0.4 is 5.73 Å². The zero-order chi connectivity index (χ0) is 105. The minimum Gasteiger partial charge on any atom is -0.463 e. The summed E-state index contributed by atoms with van der Waals surface area (Å²) in [6.07, 6.45) is 24.2. The number of amides is 1. The molecule has 35 heteroatoms. The summed E-state index contributed by atoms with van der Waals surface area (Å²) in [5.74, 6) is 3.32. The molecule has 17 saturated carbocycles. The highest BCUT2D eigenvalue weighted by atomic mass is 32.2. The fourth-order valence-electron chi connectivity index (χ4n) is 26.6. The van der Waals surface area contributed by atoms with Gasteiger partial charge in [0.2, 0.25) is 12.2 Å². The van der Waals surface area contributed by atoms with Crippen molar-refractivity contribution in [2.24, 2.45) is 146 Å². The van der Waals surface area contributed by atoms with Crippen LogP contribution in [-0.4, -0.2) is 196 Å².